The van der Waals surface area contributed by atoms with Gasteiger partial charge in [-0.15, -0.1) is 0 Å². The highest BCUT2D eigenvalue weighted by Crippen LogP contribution is 2.29. The number of halogens is 2. The van der Waals surface area contributed by atoms with Crippen molar-refractivity contribution in [2.45, 2.75) is 19.2 Å². The van der Waals surface area contributed by atoms with Crippen LogP contribution in [0, 0.1) is 0 Å². The van der Waals surface area contributed by atoms with Gasteiger partial charge in [-0.05, 0) is 23.3 Å². The van der Waals surface area contributed by atoms with Gasteiger partial charge in [0.15, 0.2) is 11.5 Å². The summed E-state index contributed by atoms with van der Waals surface area (Å²) in [6.45, 7) is 1.77. The maximum absolute atomic E-state index is 12.7. The zero-order valence-electron chi connectivity index (χ0n) is 15.9. The molecule has 1 atom stereocenters. The van der Waals surface area contributed by atoms with E-state index in [4.69, 9.17) is 9.47 Å². The minimum Gasteiger partial charge on any atom is -0.493 e. The highest BCUT2D eigenvalue weighted by Gasteiger charge is 2.18. The van der Waals surface area contributed by atoms with Gasteiger partial charge in [-0.2, -0.15) is 8.78 Å². The second-order valence-corrected chi connectivity index (χ2v) is 6.62. The number of ether oxygens (including phenoxy) is 3. The monoisotopic (exact) mass is 392 g/mol. The number of alkyl halides is 2. The minimum atomic E-state index is -2.89. The first kappa shape index (κ1) is 20.5. The fourth-order valence-corrected chi connectivity index (χ4v) is 3.28. The van der Waals surface area contributed by atoms with Crippen LogP contribution in [0.15, 0.2) is 48.5 Å². The van der Waals surface area contributed by atoms with Crippen LogP contribution in [0.3, 0.4) is 0 Å². The third-order valence-corrected chi connectivity index (χ3v) is 4.74. The smallest absolute Gasteiger partial charge is 0.387 e. The Morgan fingerprint density at radius 3 is 2.50 bits per heavy atom. The van der Waals surface area contributed by atoms with E-state index in [0.29, 0.717) is 6.54 Å². The molecular weight excluding hydrogens is 366 g/mol. The summed E-state index contributed by atoms with van der Waals surface area (Å²) >= 11 is 0. The lowest BCUT2D eigenvalue weighted by molar-refractivity contribution is -0.0512. The van der Waals surface area contributed by atoms with Crippen molar-refractivity contribution >= 4 is 0 Å². The zero-order chi connectivity index (χ0) is 19.8. The molecule has 1 saturated heterocycles. The summed E-state index contributed by atoms with van der Waals surface area (Å²) in [5, 5.41) is 3.55. The number of nitrogens with zero attached hydrogens (tertiary/aromatic N) is 1. The Morgan fingerprint density at radius 1 is 1.07 bits per heavy atom. The molecule has 1 unspecified atom stereocenters. The number of nitrogens with one attached hydrogen (secondary N) is 1. The molecule has 28 heavy (non-hydrogen) atoms. The zero-order valence-corrected chi connectivity index (χ0v) is 15.9. The first-order chi connectivity index (χ1) is 13.7. The van der Waals surface area contributed by atoms with Crippen LogP contribution in [-0.2, 0) is 11.3 Å². The van der Waals surface area contributed by atoms with Crippen LogP contribution in [0.4, 0.5) is 8.78 Å². The third-order valence-electron chi connectivity index (χ3n) is 4.74. The summed E-state index contributed by atoms with van der Waals surface area (Å²) in [4.78, 5) is 2.37. The van der Waals surface area contributed by atoms with Gasteiger partial charge in [-0.3, -0.25) is 4.90 Å². The molecule has 1 heterocycles. The molecule has 0 radical (unpaired) electrons. The van der Waals surface area contributed by atoms with Crippen molar-refractivity contribution in [3.8, 4) is 11.5 Å². The van der Waals surface area contributed by atoms with Crippen LogP contribution < -0.4 is 14.8 Å². The molecule has 2 aromatic rings. The molecule has 0 amide bonds. The van der Waals surface area contributed by atoms with E-state index < -0.39 is 6.61 Å². The molecule has 1 N–H and O–H groups in total. The van der Waals surface area contributed by atoms with Gasteiger partial charge in [0.25, 0.3) is 0 Å². The van der Waals surface area contributed by atoms with Crippen LogP contribution in [0.1, 0.15) is 17.2 Å². The van der Waals surface area contributed by atoms with Crippen LogP contribution in [-0.4, -0.2) is 51.5 Å². The van der Waals surface area contributed by atoms with Gasteiger partial charge in [-0.25, -0.2) is 0 Å². The SMILES string of the molecule is COc1ccc(CNC(CN2CCOCC2)c2ccccc2)cc1OC(F)F. The van der Waals surface area contributed by atoms with E-state index in [9.17, 15) is 8.78 Å². The summed E-state index contributed by atoms with van der Waals surface area (Å²) in [6.07, 6.45) is 0. The third kappa shape index (κ3) is 5.89. The standard InChI is InChI=1S/C21H26F2N2O3/c1-26-19-8-7-16(13-20(19)28-21(22)23)14-24-18(17-5-3-2-4-6-17)15-25-9-11-27-12-10-25/h2-8,13,18,21,24H,9-12,14-15H2,1H3. The van der Waals surface area contributed by atoms with E-state index in [1.807, 2.05) is 24.3 Å². The normalized spacial score (nSPS) is 16.1. The molecule has 0 saturated carbocycles. The Labute approximate surface area is 164 Å². The highest BCUT2D eigenvalue weighted by atomic mass is 19.3. The van der Waals surface area contributed by atoms with Gasteiger partial charge in [-0.1, -0.05) is 36.4 Å². The number of hydrogen-bond acceptors (Lipinski definition) is 5. The summed E-state index contributed by atoms with van der Waals surface area (Å²) in [6, 6.07) is 15.4. The second-order valence-electron chi connectivity index (χ2n) is 6.62. The first-order valence-electron chi connectivity index (χ1n) is 9.36. The van der Waals surface area contributed by atoms with Gasteiger partial charge >= 0.3 is 6.61 Å². The van der Waals surface area contributed by atoms with Crippen molar-refractivity contribution in [3.63, 3.8) is 0 Å². The predicted octanol–water partition coefficient (Wildman–Crippen LogP) is 3.46. The van der Waals surface area contributed by atoms with Gasteiger partial charge < -0.3 is 19.5 Å². The Hall–Kier alpha value is -2.22. The summed E-state index contributed by atoms with van der Waals surface area (Å²) < 4.78 is 40.4. The van der Waals surface area contributed by atoms with E-state index in [0.717, 1.165) is 38.4 Å². The maximum atomic E-state index is 12.7. The Bertz CT molecular complexity index is 725. The lowest BCUT2D eigenvalue weighted by Crippen LogP contribution is -2.41. The molecule has 1 aliphatic heterocycles. The van der Waals surface area contributed by atoms with Crippen molar-refractivity contribution in [1.29, 1.82) is 0 Å². The van der Waals surface area contributed by atoms with Crippen molar-refractivity contribution in [2.75, 3.05) is 40.0 Å². The molecule has 0 bridgehead atoms. The van der Waals surface area contributed by atoms with E-state index in [1.165, 1.54) is 12.7 Å². The molecule has 152 valence electrons. The summed E-state index contributed by atoms with van der Waals surface area (Å²) in [7, 11) is 1.43. The van der Waals surface area contributed by atoms with E-state index in [-0.39, 0.29) is 17.5 Å². The maximum Gasteiger partial charge on any atom is 0.387 e. The average molecular weight is 392 g/mol. The van der Waals surface area contributed by atoms with E-state index in [2.05, 4.69) is 27.1 Å². The molecule has 0 aliphatic carbocycles. The number of rotatable bonds is 9. The van der Waals surface area contributed by atoms with Gasteiger partial charge in [0.1, 0.15) is 0 Å². The van der Waals surface area contributed by atoms with Crippen LogP contribution in [0.5, 0.6) is 11.5 Å². The molecule has 2 aromatic carbocycles. The molecular formula is C21H26F2N2O3. The lowest BCUT2D eigenvalue weighted by Gasteiger charge is -2.31. The molecule has 0 spiro atoms. The van der Waals surface area contributed by atoms with Crippen molar-refractivity contribution in [1.82, 2.24) is 10.2 Å². The topological polar surface area (TPSA) is 43.0 Å². The minimum absolute atomic E-state index is 0.0428. The van der Waals surface area contributed by atoms with Gasteiger partial charge in [0.2, 0.25) is 0 Å². The fourth-order valence-electron chi connectivity index (χ4n) is 3.28. The van der Waals surface area contributed by atoms with Crippen LogP contribution in [0.25, 0.3) is 0 Å². The molecule has 7 heteroatoms. The van der Waals surface area contributed by atoms with Crippen LogP contribution >= 0.6 is 0 Å². The number of hydrogen-bond donors (Lipinski definition) is 1. The molecule has 3 rings (SSSR count). The molecule has 5 nitrogen and oxygen atoms in total. The van der Waals surface area contributed by atoms with E-state index >= 15 is 0 Å². The average Bonchev–Trinajstić information content (AvgIpc) is 2.72. The lowest BCUT2D eigenvalue weighted by atomic mass is 10.1. The Balaban J connectivity index is 1.70. The highest BCUT2D eigenvalue weighted by molar-refractivity contribution is 5.43. The van der Waals surface area contributed by atoms with Crippen molar-refractivity contribution in [3.05, 3.63) is 59.7 Å². The molecule has 0 aromatic heterocycles. The van der Waals surface area contributed by atoms with E-state index in [1.54, 1.807) is 12.1 Å². The number of methoxy groups -OCH3 is 1. The van der Waals surface area contributed by atoms with Crippen LogP contribution in [0.2, 0.25) is 0 Å². The van der Waals surface area contributed by atoms with Crippen molar-refractivity contribution in [2.24, 2.45) is 0 Å². The Kier molecular flexibility index (Phi) is 7.59. The fraction of sp³-hybridized carbons (Fsp3) is 0.429. The summed E-state index contributed by atoms with van der Waals surface area (Å²) in [5.41, 5.74) is 2.03. The van der Waals surface area contributed by atoms with Crippen molar-refractivity contribution < 1.29 is 23.0 Å². The first-order valence-corrected chi connectivity index (χ1v) is 9.36. The summed E-state index contributed by atoms with van der Waals surface area (Å²) in [5.74, 6) is 0.332. The quantitative estimate of drug-likeness (QED) is 0.708. The predicted molar refractivity (Wildman–Crippen MR) is 103 cm³/mol. The molecule has 1 aliphatic rings. The Morgan fingerprint density at radius 2 is 1.82 bits per heavy atom. The van der Waals surface area contributed by atoms with Gasteiger partial charge in [0, 0.05) is 32.2 Å². The van der Waals surface area contributed by atoms with Gasteiger partial charge in [0.05, 0.1) is 20.3 Å². The largest absolute Gasteiger partial charge is 0.493 e. The molecule has 1 fully saturated rings. The number of morpholine rings is 1. The second kappa shape index (κ2) is 10.4. The number of benzene rings is 2.